The summed E-state index contributed by atoms with van der Waals surface area (Å²) < 4.78 is 25.0. The fraction of sp³-hybridized carbons (Fsp3) is 0.316. The van der Waals surface area contributed by atoms with Gasteiger partial charge in [-0.25, -0.2) is 9.37 Å². The number of halogens is 1. The van der Waals surface area contributed by atoms with E-state index in [0.717, 1.165) is 47.4 Å². The molecule has 5 heteroatoms. The molecule has 0 radical (unpaired) electrons. The first-order valence-electron chi connectivity index (χ1n) is 8.22. The molecule has 0 spiro atoms. The van der Waals surface area contributed by atoms with E-state index in [1.165, 1.54) is 12.1 Å². The van der Waals surface area contributed by atoms with Crippen LogP contribution in [0.2, 0.25) is 0 Å². The molecule has 0 amide bonds. The molecule has 2 aromatic carbocycles. The summed E-state index contributed by atoms with van der Waals surface area (Å²) in [5.74, 6) is 0.456. The third-order valence-electron chi connectivity index (χ3n) is 4.30. The zero-order valence-electron chi connectivity index (χ0n) is 13.3. The van der Waals surface area contributed by atoms with Crippen LogP contribution in [0.4, 0.5) is 4.39 Å². The molecule has 4 nitrogen and oxygen atoms in total. The summed E-state index contributed by atoms with van der Waals surface area (Å²) in [6.45, 7) is 1.68. The summed E-state index contributed by atoms with van der Waals surface area (Å²) in [4.78, 5) is 7.89. The van der Waals surface area contributed by atoms with Crippen LogP contribution in [-0.4, -0.2) is 29.3 Å². The predicted molar refractivity (Wildman–Crippen MR) is 90.1 cm³/mol. The molecule has 1 unspecified atom stereocenters. The third kappa shape index (κ3) is 3.18. The van der Waals surface area contributed by atoms with Crippen LogP contribution in [0.25, 0.3) is 22.4 Å². The molecule has 24 heavy (non-hydrogen) atoms. The maximum absolute atomic E-state index is 13.7. The lowest BCUT2D eigenvalue weighted by Crippen LogP contribution is -2.14. The second-order valence-corrected chi connectivity index (χ2v) is 6.05. The maximum atomic E-state index is 13.7. The number of hydrogen-bond donors (Lipinski definition) is 1. The third-order valence-corrected chi connectivity index (χ3v) is 4.30. The van der Waals surface area contributed by atoms with Crippen molar-refractivity contribution in [2.24, 2.45) is 0 Å². The smallest absolute Gasteiger partial charge is 0.138 e. The van der Waals surface area contributed by atoms with E-state index in [1.54, 1.807) is 6.07 Å². The average molecular weight is 326 g/mol. The second kappa shape index (κ2) is 6.71. The summed E-state index contributed by atoms with van der Waals surface area (Å²) in [5.41, 5.74) is 3.50. The predicted octanol–water partition coefficient (Wildman–Crippen LogP) is 4.06. The van der Waals surface area contributed by atoms with Crippen molar-refractivity contribution < 1.29 is 13.9 Å². The van der Waals surface area contributed by atoms with Gasteiger partial charge in [-0.3, -0.25) is 0 Å². The Morgan fingerprint density at radius 3 is 3.00 bits per heavy atom. The highest BCUT2D eigenvalue weighted by molar-refractivity contribution is 5.79. The van der Waals surface area contributed by atoms with Crippen LogP contribution in [0.5, 0.6) is 0 Å². The molecule has 3 aromatic rings. The van der Waals surface area contributed by atoms with Gasteiger partial charge >= 0.3 is 0 Å². The fourth-order valence-corrected chi connectivity index (χ4v) is 3.07. The highest BCUT2D eigenvalue weighted by Crippen LogP contribution is 2.25. The van der Waals surface area contributed by atoms with Crippen molar-refractivity contribution in [3.63, 3.8) is 0 Å². The molecular formula is C19H19FN2O2. The number of nitrogens with one attached hydrogen (secondary N) is 1. The first kappa shape index (κ1) is 15.3. The van der Waals surface area contributed by atoms with Crippen molar-refractivity contribution >= 4 is 11.0 Å². The number of imidazole rings is 1. The van der Waals surface area contributed by atoms with Gasteiger partial charge in [0.25, 0.3) is 0 Å². The fourth-order valence-electron chi connectivity index (χ4n) is 3.07. The number of benzene rings is 2. The van der Waals surface area contributed by atoms with Crippen LogP contribution in [-0.2, 0) is 16.1 Å². The van der Waals surface area contributed by atoms with E-state index >= 15 is 0 Å². The maximum Gasteiger partial charge on any atom is 0.138 e. The van der Waals surface area contributed by atoms with E-state index in [9.17, 15) is 4.39 Å². The Bertz CT molecular complexity index is 807. The highest BCUT2D eigenvalue weighted by Gasteiger charge is 2.16. The van der Waals surface area contributed by atoms with Crippen LogP contribution in [0, 0.1) is 5.82 Å². The molecule has 0 aliphatic carbocycles. The summed E-state index contributed by atoms with van der Waals surface area (Å²) in [6, 6.07) is 12.5. The molecule has 1 fully saturated rings. The number of fused-ring (bicyclic) bond motifs is 1. The van der Waals surface area contributed by atoms with Gasteiger partial charge in [-0.1, -0.05) is 12.1 Å². The van der Waals surface area contributed by atoms with Gasteiger partial charge < -0.3 is 14.5 Å². The van der Waals surface area contributed by atoms with Gasteiger partial charge in [0.2, 0.25) is 0 Å². The molecule has 0 saturated carbocycles. The van der Waals surface area contributed by atoms with Gasteiger partial charge in [-0.2, -0.15) is 0 Å². The molecule has 2 heterocycles. The normalized spacial score (nSPS) is 17.6. The van der Waals surface area contributed by atoms with Gasteiger partial charge in [-0.05, 0) is 48.7 Å². The Balaban J connectivity index is 1.57. The SMILES string of the molecule is Fc1ccc(-c2nc3ccccc3[nH]2)c(COCC2CCCO2)c1. The molecule has 1 N–H and O–H groups in total. The van der Waals surface area contributed by atoms with Crippen molar-refractivity contribution in [3.05, 3.63) is 53.8 Å². The van der Waals surface area contributed by atoms with Crippen molar-refractivity contribution in [2.75, 3.05) is 13.2 Å². The van der Waals surface area contributed by atoms with Crippen molar-refractivity contribution in [1.82, 2.24) is 9.97 Å². The van der Waals surface area contributed by atoms with Crippen molar-refractivity contribution in [3.8, 4) is 11.4 Å². The second-order valence-electron chi connectivity index (χ2n) is 6.05. The Morgan fingerprint density at radius 1 is 1.25 bits per heavy atom. The highest BCUT2D eigenvalue weighted by atomic mass is 19.1. The lowest BCUT2D eigenvalue weighted by molar-refractivity contribution is 0.0106. The summed E-state index contributed by atoms with van der Waals surface area (Å²) in [6.07, 6.45) is 2.27. The van der Waals surface area contributed by atoms with Crippen LogP contribution in [0.1, 0.15) is 18.4 Å². The average Bonchev–Trinajstić information content (AvgIpc) is 3.24. The number of para-hydroxylation sites is 2. The molecule has 1 saturated heterocycles. The molecule has 0 bridgehead atoms. The molecule has 1 aliphatic heterocycles. The van der Waals surface area contributed by atoms with E-state index < -0.39 is 0 Å². The topological polar surface area (TPSA) is 47.1 Å². The van der Waals surface area contributed by atoms with E-state index in [2.05, 4.69) is 9.97 Å². The molecule has 124 valence electrons. The standard InChI is InChI=1S/C19H19FN2O2/c20-14-7-8-16(19-21-17-5-1-2-6-18(17)22-19)13(10-14)11-23-12-15-4-3-9-24-15/h1-2,5-8,10,15H,3-4,9,11-12H2,(H,21,22). The number of H-pyrrole nitrogens is 1. The molecular weight excluding hydrogens is 307 g/mol. The van der Waals surface area contributed by atoms with Crippen molar-refractivity contribution in [2.45, 2.75) is 25.6 Å². The van der Waals surface area contributed by atoms with Crippen LogP contribution in [0.3, 0.4) is 0 Å². The van der Waals surface area contributed by atoms with E-state index in [0.29, 0.717) is 13.2 Å². The number of nitrogens with zero attached hydrogens (tertiary/aromatic N) is 1. The Hall–Kier alpha value is -2.24. The summed E-state index contributed by atoms with van der Waals surface area (Å²) in [7, 11) is 0. The Kier molecular flexibility index (Phi) is 4.28. The first-order chi connectivity index (χ1) is 11.8. The van der Waals surface area contributed by atoms with Gasteiger partial charge in [0, 0.05) is 12.2 Å². The quantitative estimate of drug-likeness (QED) is 0.769. The van der Waals surface area contributed by atoms with Crippen molar-refractivity contribution in [1.29, 1.82) is 0 Å². The number of aromatic amines is 1. The van der Waals surface area contributed by atoms with Gasteiger partial charge in [-0.15, -0.1) is 0 Å². The zero-order chi connectivity index (χ0) is 16.4. The Morgan fingerprint density at radius 2 is 2.17 bits per heavy atom. The minimum absolute atomic E-state index is 0.160. The molecule has 4 rings (SSSR count). The monoisotopic (exact) mass is 326 g/mol. The molecule has 1 aromatic heterocycles. The van der Waals surface area contributed by atoms with Gasteiger partial charge in [0.05, 0.1) is 30.4 Å². The lowest BCUT2D eigenvalue weighted by Gasteiger charge is -2.12. The van der Waals surface area contributed by atoms with Gasteiger partial charge in [0.1, 0.15) is 11.6 Å². The largest absolute Gasteiger partial charge is 0.376 e. The molecule has 1 atom stereocenters. The summed E-state index contributed by atoms with van der Waals surface area (Å²) >= 11 is 0. The number of ether oxygens (including phenoxy) is 2. The first-order valence-corrected chi connectivity index (χ1v) is 8.22. The summed E-state index contributed by atoms with van der Waals surface area (Å²) in [5, 5.41) is 0. The minimum atomic E-state index is -0.273. The number of hydrogen-bond acceptors (Lipinski definition) is 3. The lowest BCUT2D eigenvalue weighted by atomic mass is 10.1. The number of rotatable bonds is 5. The van der Waals surface area contributed by atoms with Crippen LogP contribution in [0.15, 0.2) is 42.5 Å². The Labute approximate surface area is 139 Å². The van der Waals surface area contributed by atoms with Gasteiger partial charge in [0.15, 0.2) is 0 Å². The number of aromatic nitrogens is 2. The van der Waals surface area contributed by atoms with E-state index in [4.69, 9.17) is 9.47 Å². The van der Waals surface area contributed by atoms with Crippen LogP contribution >= 0.6 is 0 Å². The van der Waals surface area contributed by atoms with E-state index in [1.807, 2.05) is 24.3 Å². The van der Waals surface area contributed by atoms with Crippen LogP contribution < -0.4 is 0 Å². The van der Waals surface area contributed by atoms with E-state index in [-0.39, 0.29) is 11.9 Å². The molecule has 1 aliphatic rings. The zero-order valence-corrected chi connectivity index (χ0v) is 13.3. The minimum Gasteiger partial charge on any atom is -0.376 e.